The van der Waals surface area contributed by atoms with Gasteiger partial charge in [0.25, 0.3) is 0 Å². The molecule has 4 rings (SSSR count). The molecular formula is C24H29N5O2S. The maximum atomic E-state index is 12.7. The number of aromatic nitrogens is 2. The molecule has 0 aliphatic carbocycles. The minimum atomic E-state index is 0.0210. The van der Waals surface area contributed by atoms with Gasteiger partial charge in [0.2, 0.25) is 5.91 Å². The van der Waals surface area contributed by atoms with Gasteiger partial charge in [-0.25, -0.2) is 9.97 Å². The number of nitrogens with one attached hydrogen (secondary N) is 1. The molecular weight excluding hydrogens is 422 g/mol. The quantitative estimate of drug-likeness (QED) is 0.512. The molecule has 0 bridgehead atoms. The largest absolute Gasteiger partial charge is 0.395 e. The van der Waals surface area contributed by atoms with Gasteiger partial charge in [0.1, 0.15) is 17.0 Å². The van der Waals surface area contributed by atoms with Crippen molar-refractivity contribution in [3.8, 4) is 0 Å². The van der Waals surface area contributed by atoms with Gasteiger partial charge in [0.15, 0.2) is 0 Å². The van der Waals surface area contributed by atoms with Gasteiger partial charge in [-0.3, -0.25) is 4.79 Å². The van der Waals surface area contributed by atoms with Crippen LogP contribution in [0, 0.1) is 0 Å². The highest BCUT2D eigenvalue weighted by Gasteiger charge is 2.25. The summed E-state index contributed by atoms with van der Waals surface area (Å²) in [6.07, 6.45) is 5.90. The van der Waals surface area contributed by atoms with E-state index < -0.39 is 0 Å². The van der Waals surface area contributed by atoms with Crippen molar-refractivity contribution in [1.29, 1.82) is 0 Å². The highest BCUT2D eigenvalue weighted by Crippen LogP contribution is 2.38. The third-order valence-electron chi connectivity index (χ3n) is 5.76. The molecule has 0 fully saturated rings. The Kier molecular flexibility index (Phi) is 7.14. The second-order valence-electron chi connectivity index (χ2n) is 8.08. The van der Waals surface area contributed by atoms with E-state index in [9.17, 15) is 4.79 Å². The van der Waals surface area contributed by atoms with Crippen LogP contribution in [0.1, 0.15) is 29.0 Å². The first kappa shape index (κ1) is 22.4. The first-order valence-electron chi connectivity index (χ1n) is 10.9. The number of carbonyl (C=O) groups is 1. The van der Waals surface area contributed by atoms with Gasteiger partial charge >= 0.3 is 0 Å². The van der Waals surface area contributed by atoms with Gasteiger partial charge in [0.05, 0.1) is 18.5 Å². The number of nitrogens with zero attached hydrogens (tertiary/aromatic N) is 4. The summed E-state index contributed by atoms with van der Waals surface area (Å²) in [5.41, 5.74) is 2.46. The second-order valence-corrected chi connectivity index (χ2v) is 9.16. The monoisotopic (exact) mass is 451 g/mol. The Hall–Kier alpha value is -2.81. The zero-order valence-corrected chi connectivity index (χ0v) is 19.3. The lowest BCUT2D eigenvalue weighted by Gasteiger charge is -2.26. The van der Waals surface area contributed by atoms with Crippen LogP contribution in [0.25, 0.3) is 10.2 Å². The Morgan fingerprint density at radius 3 is 2.94 bits per heavy atom. The topological polar surface area (TPSA) is 81.6 Å². The molecule has 1 atom stereocenters. The molecule has 0 spiro atoms. The van der Waals surface area contributed by atoms with Crippen LogP contribution in [0.2, 0.25) is 0 Å². The van der Waals surface area contributed by atoms with Crippen molar-refractivity contribution in [2.24, 2.45) is 0 Å². The minimum Gasteiger partial charge on any atom is -0.395 e. The van der Waals surface area contributed by atoms with Crippen LogP contribution in [-0.4, -0.2) is 64.1 Å². The van der Waals surface area contributed by atoms with Crippen molar-refractivity contribution in [1.82, 2.24) is 19.8 Å². The minimum absolute atomic E-state index is 0.0210. The molecule has 3 aromatic rings. The van der Waals surface area contributed by atoms with E-state index in [0.29, 0.717) is 26.2 Å². The Labute approximate surface area is 192 Å². The van der Waals surface area contributed by atoms with Crippen molar-refractivity contribution >= 4 is 33.3 Å². The smallest absolute Gasteiger partial charge is 0.246 e. The van der Waals surface area contributed by atoms with Crippen molar-refractivity contribution in [2.75, 3.05) is 38.6 Å². The number of amides is 1. The van der Waals surface area contributed by atoms with Crippen molar-refractivity contribution in [3.05, 3.63) is 64.8 Å². The molecule has 168 valence electrons. The number of benzene rings is 1. The maximum Gasteiger partial charge on any atom is 0.246 e. The van der Waals surface area contributed by atoms with E-state index >= 15 is 0 Å². The van der Waals surface area contributed by atoms with E-state index in [4.69, 9.17) is 5.11 Å². The highest BCUT2D eigenvalue weighted by atomic mass is 32.1. The zero-order chi connectivity index (χ0) is 22.5. The van der Waals surface area contributed by atoms with Crippen molar-refractivity contribution in [2.45, 2.75) is 25.9 Å². The molecule has 1 aliphatic heterocycles. The van der Waals surface area contributed by atoms with Crippen LogP contribution >= 0.6 is 11.3 Å². The van der Waals surface area contributed by atoms with E-state index in [2.05, 4.69) is 34.3 Å². The van der Waals surface area contributed by atoms with Gasteiger partial charge in [0, 0.05) is 36.6 Å². The lowest BCUT2D eigenvalue weighted by atomic mass is 10.0. The fourth-order valence-electron chi connectivity index (χ4n) is 3.96. The lowest BCUT2D eigenvalue weighted by Crippen LogP contribution is -2.34. The van der Waals surface area contributed by atoms with E-state index in [1.165, 1.54) is 16.0 Å². The SMILES string of the molecule is CC(Nc1ncnc2sc3c(c12)CCN(C(=O)C=CCN(C)CCO)C3)c1ccccc1. The molecule has 1 amide bonds. The number of anilines is 1. The fraction of sp³-hybridized carbons (Fsp3) is 0.375. The van der Waals surface area contributed by atoms with Crippen LogP contribution in [-0.2, 0) is 17.8 Å². The summed E-state index contributed by atoms with van der Waals surface area (Å²) in [4.78, 5) is 27.7. The van der Waals surface area contributed by atoms with E-state index in [1.807, 2.05) is 41.1 Å². The number of rotatable bonds is 8. The Balaban J connectivity index is 1.49. The number of likely N-dealkylation sites (N-methyl/N-ethyl adjacent to an activating group) is 1. The predicted molar refractivity (Wildman–Crippen MR) is 129 cm³/mol. The van der Waals surface area contributed by atoms with E-state index in [1.54, 1.807) is 23.7 Å². The van der Waals surface area contributed by atoms with E-state index in [-0.39, 0.29) is 18.6 Å². The van der Waals surface area contributed by atoms with Crippen LogP contribution < -0.4 is 5.32 Å². The molecule has 0 saturated heterocycles. The molecule has 1 unspecified atom stereocenters. The zero-order valence-electron chi connectivity index (χ0n) is 18.5. The van der Waals surface area contributed by atoms with Crippen LogP contribution in [0.5, 0.6) is 0 Å². The summed E-state index contributed by atoms with van der Waals surface area (Å²) in [5.74, 6) is 0.878. The standard InChI is InChI=1S/C24H29N5O2S/c1-17(18-7-4-3-5-8-18)27-23-22-19-10-12-29(15-20(19)32-24(22)26-16-25-23)21(31)9-6-11-28(2)13-14-30/h3-9,16-17,30H,10-15H2,1-2H3,(H,25,26,27). The Morgan fingerprint density at radius 2 is 2.16 bits per heavy atom. The molecule has 0 saturated carbocycles. The number of thiophene rings is 1. The molecule has 3 heterocycles. The summed E-state index contributed by atoms with van der Waals surface area (Å²) in [6, 6.07) is 10.4. The lowest BCUT2D eigenvalue weighted by molar-refractivity contribution is -0.126. The van der Waals surface area contributed by atoms with Gasteiger partial charge < -0.3 is 20.2 Å². The number of fused-ring (bicyclic) bond motifs is 3. The summed E-state index contributed by atoms with van der Waals surface area (Å²) >= 11 is 1.65. The van der Waals surface area contributed by atoms with Gasteiger partial charge in [-0.2, -0.15) is 0 Å². The molecule has 32 heavy (non-hydrogen) atoms. The number of carbonyl (C=O) groups excluding carboxylic acids is 1. The summed E-state index contributed by atoms with van der Waals surface area (Å²) in [7, 11) is 1.92. The molecule has 1 aliphatic rings. The highest BCUT2D eigenvalue weighted by molar-refractivity contribution is 7.19. The Bertz CT molecular complexity index is 1100. The molecule has 0 radical (unpaired) electrons. The number of hydrogen-bond donors (Lipinski definition) is 2. The fourth-order valence-corrected chi connectivity index (χ4v) is 5.16. The first-order chi connectivity index (χ1) is 15.6. The summed E-state index contributed by atoms with van der Waals surface area (Å²) in [5, 5.41) is 13.6. The number of aliphatic hydroxyl groups is 1. The van der Waals surface area contributed by atoms with Gasteiger partial charge in [-0.15, -0.1) is 11.3 Å². The third-order valence-corrected chi connectivity index (χ3v) is 6.89. The predicted octanol–water partition coefficient (Wildman–Crippen LogP) is 3.23. The summed E-state index contributed by atoms with van der Waals surface area (Å²) in [6.45, 7) is 4.75. The van der Waals surface area contributed by atoms with Crippen LogP contribution in [0.3, 0.4) is 0 Å². The average molecular weight is 452 g/mol. The van der Waals surface area contributed by atoms with Gasteiger partial charge in [-0.05, 0) is 31.5 Å². The van der Waals surface area contributed by atoms with Crippen LogP contribution in [0.4, 0.5) is 5.82 Å². The summed E-state index contributed by atoms with van der Waals surface area (Å²) < 4.78 is 0. The molecule has 1 aromatic carbocycles. The molecule has 2 N–H and O–H groups in total. The van der Waals surface area contributed by atoms with Crippen molar-refractivity contribution in [3.63, 3.8) is 0 Å². The number of hydrogen-bond acceptors (Lipinski definition) is 7. The average Bonchev–Trinajstić information content (AvgIpc) is 3.18. The third kappa shape index (κ3) is 4.98. The normalized spacial score (nSPS) is 14.8. The maximum absolute atomic E-state index is 12.7. The molecule has 7 nitrogen and oxygen atoms in total. The van der Waals surface area contributed by atoms with E-state index in [0.717, 1.165) is 22.5 Å². The van der Waals surface area contributed by atoms with Crippen LogP contribution in [0.15, 0.2) is 48.8 Å². The van der Waals surface area contributed by atoms with Crippen molar-refractivity contribution < 1.29 is 9.90 Å². The second kappa shape index (κ2) is 10.2. The molecule has 8 heteroatoms. The molecule has 2 aromatic heterocycles. The van der Waals surface area contributed by atoms with Gasteiger partial charge in [-0.1, -0.05) is 36.4 Å². The first-order valence-corrected chi connectivity index (χ1v) is 11.7. The number of aliphatic hydroxyl groups excluding tert-OH is 1. The Morgan fingerprint density at radius 1 is 1.34 bits per heavy atom.